The molecule has 23 heavy (non-hydrogen) atoms. The van der Waals surface area contributed by atoms with Gasteiger partial charge in [0, 0.05) is 11.8 Å². The molecule has 1 fully saturated rings. The van der Waals surface area contributed by atoms with E-state index >= 15 is 0 Å². The average molecular weight is 327 g/mol. The third-order valence-corrected chi connectivity index (χ3v) is 3.55. The Balaban J connectivity index is 1.89. The molecule has 1 aromatic carbocycles. The van der Waals surface area contributed by atoms with Gasteiger partial charge >= 0.3 is 6.36 Å². The first-order chi connectivity index (χ1) is 10.7. The summed E-state index contributed by atoms with van der Waals surface area (Å²) in [5.41, 5.74) is -0.591. The van der Waals surface area contributed by atoms with Crippen LogP contribution in [0.1, 0.15) is 19.8 Å². The summed E-state index contributed by atoms with van der Waals surface area (Å²) in [7, 11) is 0. The van der Waals surface area contributed by atoms with Gasteiger partial charge in [-0.3, -0.25) is 4.79 Å². The number of hydrogen-bond acceptors (Lipinski definition) is 4. The van der Waals surface area contributed by atoms with E-state index in [4.69, 9.17) is 5.26 Å². The lowest BCUT2D eigenvalue weighted by molar-refractivity contribution is -0.274. The molecule has 1 saturated carbocycles. The van der Waals surface area contributed by atoms with E-state index in [9.17, 15) is 18.0 Å². The monoisotopic (exact) mass is 327 g/mol. The van der Waals surface area contributed by atoms with E-state index in [0.717, 1.165) is 18.9 Å². The van der Waals surface area contributed by atoms with Gasteiger partial charge in [-0.15, -0.1) is 13.2 Å². The number of halogens is 3. The van der Waals surface area contributed by atoms with Crippen LogP contribution in [0.4, 0.5) is 18.9 Å². The Kier molecular flexibility index (Phi) is 4.68. The number of nitrogens with zero attached hydrogens (tertiary/aromatic N) is 1. The van der Waals surface area contributed by atoms with Crippen LogP contribution < -0.4 is 15.4 Å². The summed E-state index contributed by atoms with van der Waals surface area (Å²) in [6.07, 6.45) is -2.97. The molecule has 0 radical (unpaired) electrons. The van der Waals surface area contributed by atoms with Crippen molar-refractivity contribution in [2.45, 2.75) is 31.7 Å². The number of hydrogen-bond donors (Lipinski definition) is 2. The minimum atomic E-state index is -4.77. The summed E-state index contributed by atoms with van der Waals surface area (Å²) in [6.45, 7) is 1.51. The molecule has 8 heteroatoms. The molecule has 1 aromatic rings. The van der Waals surface area contributed by atoms with Gasteiger partial charge in [0.2, 0.25) is 5.91 Å². The van der Waals surface area contributed by atoms with E-state index in [1.165, 1.54) is 18.2 Å². The summed E-state index contributed by atoms with van der Waals surface area (Å²) in [6, 6.07) is 7.30. The van der Waals surface area contributed by atoms with Crippen LogP contribution in [0.15, 0.2) is 24.3 Å². The first-order valence-corrected chi connectivity index (χ1v) is 7.04. The lowest BCUT2D eigenvalue weighted by atomic mass is 9.98. The van der Waals surface area contributed by atoms with Crippen LogP contribution in [-0.2, 0) is 4.79 Å². The number of alkyl halides is 3. The smallest absolute Gasteiger partial charge is 0.406 e. The Labute approximate surface area is 131 Å². The maximum Gasteiger partial charge on any atom is 0.573 e. The normalized spacial score (nSPS) is 16.8. The minimum Gasteiger partial charge on any atom is -0.406 e. The number of carbonyl (C=O) groups excluding carboxylic acids is 1. The van der Waals surface area contributed by atoms with Gasteiger partial charge in [0.15, 0.2) is 0 Å². The van der Waals surface area contributed by atoms with Gasteiger partial charge in [0.1, 0.15) is 11.3 Å². The van der Waals surface area contributed by atoms with E-state index in [1.807, 2.05) is 0 Å². The van der Waals surface area contributed by atoms with Crippen LogP contribution >= 0.6 is 0 Å². The number of amides is 1. The molecule has 0 aliphatic heterocycles. The maximum absolute atomic E-state index is 12.2. The van der Waals surface area contributed by atoms with Gasteiger partial charge in [0.05, 0.1) is 12.6 Å². The SMILES string of the molecule is CC(C#N)(NC(=O)CNc1cccc(OC(F)(F)F)c1)C1CC1. The fourth-order valence-corrected chi connectivity index (χ4v) is 2.20. The fraction of sp³-hybridized carbons (Fsp3) is 0.467. The summed E-state index contributed by atoms with van der Waals surface area (Å²) in [5.74, 6) is -0.620. The first kappa shape index (κ1) is 16.9. The number of benzene rings is 1. The van der Waals surface area contributed by atoms with Crippen molar-refractivity contribution in [2.75, 3.05) is 11.9 Å². The number of rotatable bonds is 6. The predicted molar refractivity (Wildman–Crippen MR) is 76.5 cm³/mol. The quantitative estimate of drug-likeness (QED) is 0.842. The van der Waals surface area contributed by atoms with Gasteiger partial charge in [-0.1, -0.05) is 6.07 Å². The number of carbonyl (C=O) groups is 1. The zero-order valence-corrected chi connectivity index (χ0v) is 12.4. The summed E-state index contributed by atoms with van der Waals surface area (Å²) in [4.78, 5) is 11.9. The molecule has 1 atom stereocenters. The lowest BCUT2D eigenvalue weighted by Crippen LogP contribution is -2.48. The average Bonchev–Trinajstić information content (AvgIpc) is 3.28. The molecule has 1 unspecified atom stereocenters. The van der Waals surface area contributed by atoms with Crippen LogP contribution in [-0.4, -0.2) is 24.4 Å². The highest BCUT2D eigenvalue weighted by Gasteiger charge is 2.42. The van der Waals surface area contributed by atoms with E-state index in [-0.39, 0.29) is 18.2 Å². The van der Waals surface area contributed by atoms with E-state index in [2.05, 4.69) is 21.4 Å². The molecule has 0 aromatic heterocycles. The molecule has 0 bridgehead atoms. The summed E-state index contributed by atoms with van der Waals surface area (Å²) < 4.78 is 40.3. The first-order valence-electron chi connectivity index (χ1n) is 7.04. The Hall–Kier alpha value is -2.43. The molecule has 1 amide bonds. The van der Waals surface area contributed by atoms with E-state index in [1.54, 1.807) is 6.92 Å². The molecule has 0 spiro atoms. The highest BCUT2D eigenvalue weighted by Crippen LogP contribution is 2.39. The molecule has 5 nitrogen and oxygen atoms in total. The Morgan fingerprint density at radius 1 is 1.43 bits per heavy atom. The largest absolute Gasteiger partial charge is 0.573 e. The molecular formula is C15H16F3N3O2. The van der Waals surface area contributed by atoms with Crippen molar-refractivity contribution in [1.82, 2.24) is 5.32 Å². The standard InChI is InChI=1S/C15H16F3N3O2/c1-14(9-19,10-5-6-10)21-13(22)8-20-11-3-2-4-12(7-11)23-15(16,17)18/h2-4,7,10,20H,5-6,8H2,1H3,(H,21,22). The molecule has 1 aliphatic rings. The number of anilines is 1. The van der Waals surface area contributed by atoms with Crippen molar-refractivity contribution in [3.63, 3.8) is 0 Å². The third kappa shape index (κ3) is 5.06. The maximum atomic E-state index is 12.2. The van der Waals surface area contributed by atoms with Crippen LogP contribution in [0.5, 0.6) is 5.75 Å². The van der Waals surface area contributed by atoms with Gasteiger partial charge in [-0.25, -0.2) is 0 Å². The highest BCUT2D eigenvalue weighted by molar-refractivity contribution is 5.82. The van der Waals surface area contributed by atoms with Crippen molar-refractivity contribution in [1.29, 1.82) is 5.26 Å². The second-order valence-corrected chi connectivity index (χ2v) is 5.57. The zero-order chi connectivity index (χ0) is 17.1. The fourth-order valence-electron chi connectivity index (χ4n) is 2.20. The van der Waals surface area contributed by atoms with Gasteiger partial charge in [0.25, 0.3) is 0 Å². The zero-order valence-electron chi connectivity index (χ0n) is 12.4. The Morgan fingerprint density at radius 2 is 2.13 bits per heavy atom. The van der Waals surface area contributed by atoms with Crippen LogP contribution in [0.25, 0.3) is 0 Å². The van der Waals surface area contributed by atoms with Crippen molar-refractivity contribution in [3.05, 3.63) is 24.3 Å². The molecule has 0 heterocycles. The molecule has 1 aliphatic carbocycles. The number of ether oxygens (including phenoxy) is 1. The molecule has 0 saturated heterocycles. The van der Waals surface area contributed by atoms with Crippen LogP contribution in [0.2, 0.25) is 0 Å². The predicted octanol–water partition coefficient (Wildman–Crippen LogP) is 2.81. The van der Waals surface area contributed by atoms with Gasteiger partial charge < -0.3 is 15.4 Å². The van der Waals surface area contributed by atoms with Gasteiger partial charge in [-0.05, 0) is 37.8 Å². The Morgan fingerprint density at radius 3 is 2.70 bits per heavy atom. The Bertz CT molecular complexity index is 623. The summed E-state index contributed by atoms with van der Waals surface area (Å²) >= 11 is 0. The lowest BCUT2D eigenvalue weighted by Gasteiger charge is -2.23. The van der Waals surface area contributed by atoms with E-state index < -0.39 is 17.8 Å². The minimum absolute atomic E-state index is 0.153. The second kappa shape index (κ2) is 6.36. The van der Waals surface area contributed by atoms with Crippen molar-refractivity contribution >= 4 is 11.6 Å². The molecule has 124 valence electrons. The van der Waals surface area contributed by atoms with Gasteiger partial charge in [-0.2, -0.15) is 5.26 Å². The highest BCUT2D eigenvalue weighted by atomic mass is 19.4. The molecule has 2 rings (SSSR count). The van der Waals surface area contributed by atoms with Crippen LogP contribution in [0.3, 0.4) is 0 Å². The number of nitrogens with one attached hydrogen (secondary N) is 2. The van der Waals surface area contributed by atoms with E-state index in [0.29, 0.717) is 5.69 Å². The summed E-state index contributed by atoms with van der Waals surface area (Å²) in [5, 5.41) is 14.5. The topological polar surface area (TPSA) is 74.2 Å². The third-order valence-electron chi connectivity index (χ3n) is 3.55. The number of nitriles is 1. The van der Waals surface area contributed by atoms with Crippen molar-refractivity contribution in [3.8, 4) is 11.8 Å². The van der Waals surface area contributed by atoms with Crippen molar-refractivity contribution < 1.29 is 22.7 Å². The van der Waals surface area contributed by atoms with Crippen LogP contribution in [0, 0.1) is 17.2 Å². The second-order valence-electron chi connectivity index (χ2n) is 5.57. The van der Waals surface area contributed by atoms with Crippen molar-refractivity contribution in [2.24, 2.45) is 5.92 Å². The molecular weight excluding hydrogens is 311 g/mol. The molecule has 2 N–H and O–H groups in total.